The van der Waals surface area contributed by atoms with Crippen molar-refractivity contribution in [3.8, 4) is 0 Å². The fourth-order valence-corrected chi connectivity index (χ4v) is 1.47. The molecular weight excluding hydrogens is 152 g/mol. The van der Waals surface area contributed by atoms with Gasteiger partial charge in [-0.05, 0) is 7.05 Å². The van der Waals surface area contributed by atoms with Crippen LogP contribution in [0.4, 0.5) is 5.82 Å². The van der Waals surface area contributed by atoms with Crippen LogP contribution in [0.3, 0.4) is 0 Å². The largest absolute Gasteiger partial charge is 0.354 e. The van der Waals surface area contributed by atoms with Crippen molar-refractivity contribution in [2.24, 2.45) is 0 Å². The van der Waals surface area contributed by atoms with Gasteiger partial charge in [0.2, 0.25) is 0 Å². The fraction of sp³-hybridized carbons (Fsp3) is 0.625. The summed E-state index contributed by atoms with van der Waals surface area (Å²) >= 11 is 0. The van der Waals surface area contributed by atoms with Crippen molar-refractivity contribution in [3.05, 3.63) is 12.3 Å². The van der Waals surface area contributed by atoms with Crippen LogP contribution in [0.5, 0.6) is 0 Å². The average molecular weight is 166 g/mol. The van der Waals surface area contributed by atoms with E-state index in [-0.39, 0.29) is 0 Å². The molecule has 0 bridgehead atoms. The van der Waals surface area contributed by atoms with Gasteiger partial charge in [0, 0.05) is 32.2 Å². The molecule has 4 heteroatoms. The van der Waals surface area contributed by atoms with Crippen molar-refractivity contribution in [1.82, 2.24) is 15.1 Å². The van der Waals surface area contributed by atoms with Crippen LogP contribution >= 0.6 is 0 Å². The maximum Gasteiger partial charge on any atom is 0.124 e. The summed E-state index contributed by atoms with van der Waals surface area (Å²) in [5.41, 5.74) is 0. The van der Waals surface area contributed by atoms with Gasteiger partial charge in [-0.3, -0.25) is 5.10 Å². The normalized spacial score (nSPS) is 19.9. The first-order valence-electron chi connectivity index (χ1n) is 4.29. The molecule has 66 valence electrons. The first-order chi connectivity index (χ1) is 5.86. The van der Waals surface area contributed by atoms with E-state index in [4.69, 9.17) is 0 Å². The number of hydrogen-bond acceptors (Lipinski definition) is 3. The van der Waals surface area contributed by atoms with Crippen LogP contribution in [-0.2, 0) is 0 Å². The Bertz CT molecular complexity index is 223. The highest BCUT2D eigenvalue weighted by atomic mass is 15.3. The summed E-state index contributed by atoms with van der Waals surface area (Å²) in [6.45, 7) is 4.47. The fourth-order valence-electron chi connectivity index (χ4n) is 1.47. The van der Waals surface area contributed by atoms with Gasteiger partial charge < -0.3 is 9.80 Å². The number of aromatic nitrogens is 2. The van der Waals surface area contributed by atoms with Gasteiger partial charge in [-0.2, -0.15) is 5.10 Å². The van der Waals surface area contributed by atoms with Crippen molar-refractivity contribution in [1.29, 1.82) is 0 Å². The first kappa shape index (κ1) is 7.61. The molecule has 0 atom stereocenters. The number of nitrogens with zero attached hydrogens (tertiary/aromatic N) is 3. The Kier molecular flexibility index (Phi) is 1.99. The summed E-state index contributed by atoms with van der Waals surface area (Å²) in [5.74, 6) is 1.14. The van der Waals surface area contributed by atoms with Gasteiger partial charge in [0.05, 0.1) is 6.20 Å². The lowest BCUT2D eigenvalue weighted by Gasteiger charge is -2.32. The third-order valence-electron chi connectivity index (χ3n) is 2.33. The Hall–Kier alpha value is -1.03. The highest BCUT2D eigenvalue weighted by Crippen LogP contribution is 2.10. The van der Waals surface area contributed by atoms with Crippen LogP contribution in [0, 0.1) is 0 Å². The molecule has 2 heterocycles. The molecule has 0 aromatic carbocycles. The summed E-state index contributed by atoms with van der Waals surface area (Å²) in [6, 6.07) is 2.02. The number of aromatic amines is 1. The Morgan fingerprint density at radius 3 is 2.67 bits per heavy atom. The van der Waals surface area contributed by atoms with E-state index in [1.165, 1.54) is 0 Å². The molecule has 0 saturated carbocycles. The second kappa shape index (κ2) is 3.15. The quantitative estimate of drug-likeness (QED) is 0.645. The Labute approximate surface area is 72.2 Å². The van der Waals surface area contributed by atoms with Gasteiger partial charge in [-0.25, -0.2) is 0 Å². The number of rotatable bonds is 1. The molecular formula is C8H14N4. The average Bonchev–Trinajstić information content (AvgIpc) is 2.58. The minimum atomic E-state index is 1.10. The maximum absolute atomic E-state index is 3.94. The van der Waals surface area contributed by atoms with Crippen molar-refractivity contribution in [3.63, 3.8) is 0 Å². The summed E-state index contributed by atoms with van der Waals surface area (Å²) in [5, 5.41) is 6.92. The van der Waals surface area contributed by atoms with E-state index in [0.29, 0.717) is 0 Å². The van der Waals surface area contributed by atoms with Gasteiger partial charge in [0.15, 0.2) is 0 Å². The van der Waals surface area contributed by atoms with E-state index < -0.39 is 0 Å². The smallest absolute Gasteiger partial charge is 0.124 e. The van der Waals surface area contributed by atoms with Crippen LogP contribution < -0.4 is 4.90 Å². The lowest BCUT2D eigenvalue weighted by Crippen LogP contribution is -2.44. The zero-order valence-electron chi connectivity index (χ0n) is 7.32. The van der Waals surface area contributed by atoms with E-state index in [1.54, 1.807) is 6.20 Å². The van der Waals surface area contributed by atoms with Gasteiger partial charge in [0.1, 0.15) is 5.82 Å². The minimum absolute atomic E-state index is 1.10. The number of hydrogen-bond donors (Lipinski definition) is 1. The van der Waals surface area contributed by atoms with E-state index >= 15 is 0 Å². The number of nitrogens with one attached hydrogen (secondary N) is 1. The zero-order chi connectivity index (χ0) is 8.39. The van der Waals surface area contributed by atoms with Crippen molar-refractivity contribution in [2.75, 3.05) is 38.1 Å². The predicted molar refractivity (Wildman–Crippen MR) is 48.3 cm³/mol. The molecule has 0 amide bonds. The van der Waals surface area contributed by atoms with Crippen LogP contribution in [0.2, 0.25) is 0 Å². The predicted octanol–water partition coefficient (Wildman–Crippen LogP) is 0.161. The molecule has 4 nitrogen and oxygen atoms in total. The number of anilines is 1. The Morgan fingerprint density at radius 2 is 2.08 bits per heavy atom. The Balaban J connectivity index is 1.99. The molecule has 1 N–H and O–H groups in total. The topological polar surface area (TPSA) is 35.2 Å². The van der Waals surface area contributed by atoms with Crippen LogP contribution in [-0.4, -0.2) is 48.3 Å². The second-order valence-corrected chi connectivity index (χ2v) is 3.23. The standard InChI is InChI=1S/C8H14N4/c1-11-4-6-12(7-5-11)8-2-3-9-10-8/h2-3H,4-7H2,1H3,(H,9,10). The maximum atomic E-state index is 3.94. The van der Waals surface area contributed by atoms with Gasteiger partial charge >= 0.3 is 0 Å². The molecule has 1 aromatic rings. The summed E-state index contributed by atoms with van der Waals surface area (Å²) in [7, 11) is 2.16. The third kappa shape index (κ3) is 1.43. The van der Waals surface area contributed by atoms with Gasteiger partial charge in [0.25, 0.3) is 0 Å². The monoisotopic (exact) mass is 166 g/mol. The SMILES string of the molecule is CN1CCN(c2ccn[nH]2)CC1. The van der Waals surface area contributed by atoms with Crippen LogP contribution in [0.25, 0.3) is 0 Å². The van der Waals surface area contributed by atoms with E-state index in [2.05, 4.69) is 27.0 Å². The minimum Gasteiger partial charge on any atom is -0.354 e. The van der Waals surface area contributed by atoms with E-state index in [9.17, 15) is 0 Å². The highest BCUT2D eigenvalue weighted by molar-refractivity contribution is 5.36. The van der Waals surface area contributed by atoms with Crippen molar-refractivity contribution < 1.29 is 0 Å². The molecule has 1 aliphatic heterocycles. The second-order valence-electron chi connectivity index (χ2n) is 3.23. The molecule has 1 fully saturated rings. The van der Waals surface area contributed by atoms with Crippen LogP contribution in [0.1, 0.15) is 0 Å². The summed E-state index contributed by atoms with van der Waals surface area (Å²) in [6.07, 6.45) is 1.80. The molecule has 0 spiro atoms. The molecule has 12 heavy (non-hydrogen) atoms. The zero-order valence-corrected chi connectivity index (χ0v) is 7.32. The summed E-state index contributed by atoms with van der Waals surface area (Å²) < 4.78 is 0. The number of H-pyrrole nitrogens is 1. The molecule has 1 saturated heterocycles. The molecule has 2 rings (SSSR count). The van der Waals surface area contributed by atoms with E-state index in [0.717, 1.165) is 32.0 Å². The number of likely N-dealkylation sites (N-methyl/N-ethyl adjacent to an activating group) is 1. The highest BCUT2D eigenvalue weighted by Gasteiger charge is 2.14. The van der Waals surface area contributed by atoms with Gasteiger partial charge in [-0.15, -0.1) is 0 Å². The van der Waals surface area contributed by atoms with Crippen molar-refractivity contribution >= 4 is 5.82 Å². The van der Waals surface area contributed by atoms with Gasteiger partial charge in [-0.1, -0.05) is 0 Å². The third-order valence-corrected chi connectivity index (χ3v) is 2.33. The lowest BCUT2D eigenvalue weighted by atomic mass is 10.3. The molecule has 0 unspecified atom stereocenters. The molecule has 1 aliphatic rings. The Morgan fingerprint density at radius 1 is 1.33 bits per heavy atom. The molecule has 0 aliphatic carbocycles. The van der Waals surface area contributed by atoms with Crippen molar-refractivity contribution in [2.45, 2.75) is 0 Å². The molecule has 1 aromatic heterocycles. The lowest BCUT2D eigenvalue weighted by molar-refractivity contribution is 0.312. The molecule has 0 radical (unpaired) electrons. The van der Waals surface area contributed by atoms with Crippen LogP contribution in [0.15, 0.2) is 12.3 Å². The van der Waals surface area contributed by atoms with E-state index in [1.807, 2.05) is 6.07 Å². The number of piperazine rings is 1. The first-order valence-corrected chi connectivity index (χ1v) is 4.29. The summed E-state index contributed by atoms with van der Waals surface area (Å²) in [4.78, 5) is 4.67.